The highest BCUT2D eigenvalue weighted by molar-refractivity contribution is 9.10. The van der Waals surface area contributed by atoms with Gasteiger partial charge in [0.25, 0.3) is 0 Å². The summed E-state index contributed by atoms with van der Waals surface area (Å²) < 4.78 is 18.9. The van der Waals surface area contributed by atoms with E-state index in [2.05, 4.69) is 27.0 Å². The summed E-state index contributed by atoms with van der Waals surface area (Å²) in [5.74, 6) is 1.99. The van der Waals surface area contributed by atoms with Gasteiger partial charge in [-0.2, -0.15) is 5.26 Å². The van der Waals surface area contributed by atoms with Crippen molar-refractivity contribution in [2.24, 2.45) is 4.99 Å². The van der Waals surface area contributed by atoms with Crippen LogP contribution >= 0.6 is 27.5 Å². The summed E-state index contributed by atoms with van der Waals surface area (Å²) >= 11 is 9.62. The zero-order chi connectivity index (χ0) is 27.9. The summed E-state index contributed by atoms with van der Waals surface area (Å²) in [4.78, 5) is 4.61. The molecule has 0 radical (unpaired) electrons. The zero-order valence-corrected chi connectivity index (χ0v) is 23.9. The number of hydrogen-bond donors (Lipinski definition) is 0. The van der Waals surface area contributed by atoms with E-state index < -0.39 is 0 Å². The van der Waals surface area contributed by atoms with Gasteiger partial charge in [-0.3, -0.25) is 0 Å². The fraction of sp³-hybridized carbons (Fsp3) is 0.0909. The van der Waals surface area contributed by atoms with Crippen molar-refractivity contribution in [3.63, 3.8) is 0 Å². The highest BCUT2D eigenvalue weighted by atomic mass is 79.9. The molecule has 0 aliphatic rings. The molecule has 40 heavy (non-hydrogen) atoms. The Labute approximate surface area is 246 Å². The summed E-state index contributed by atoms with van der Waals surface area (Å²) in [7, 11) is 0. The third kappa shape index (κ3) is 6.12. The fourth-order valence-electron chi connectivity index (χ4n) is 4.22. The van der Waals surface area contributed by atoms with Crippen LogP contribution in [-0.4, -0.2) is 12.8 Å². The molecule has 1 heterocycles. The summed E-state index contributed by atoms with van der Waals surface area (Å²) in [6.45, 7) is 2.73. The molecule has 0 atom stereocenters. The van der Waals surface area contributed by atoms with Gasteiger partial charge in [-0.05, 0) is 63.8 Å². The minimum Gasteiger partial charge on any atom is -0.490 e. The maximum atomic E-state index is 10.1. The molecular formula is C33H24BrClN2O3. The van der Waals surface area contributed by atoms with E-state index >= 15 is 0 Å². The lowest BCUT2D eigenvalue weighted by Gasteiger charge is -2.14. The van der Waals surface area contributed by atoms with Crippen molar-refractivity contribution in [2.75, 3.05) is 6.61 Å². The van der Waals surface area contributed by atoms with Gasteiger partial charge in [0, 0.05) is 22.4 Å². The average Bonchev–Trinajstić information content (AvgIpc) is 3.36. The molecule has 198 valence electrons. The van der Waals surface area contributed by atoms with Gasteiger partial charge in [0.15, 0.2) is 11.5 Å². The molecule has 0 spiro atoms. The monoisotopic (exact) mass is 610 g/mol. The summed E-state index contributed by atoms with van der Waals surface area (Å²) in [6.07, 6.45) is 1.65. The first kappa shape index (κ1) is 27.3. The van der Waals surface area contributed by atoms with Crippen molar-refractivity contribution in [1.82, 2.24) is 0 Å². The van der Waals surface area contributed by atoms with Crippen LogP contribution in [0.2, 0.25) is 5.02 Å². The molecule has 0 saturated carbocycles. The van der Waals surface area contributed by atoms with Gasteiger partial charge in [-0.15, -0.1) is 0 Å². The van der Waals surface area contributed by atoms with Crippen LogP contribution < -0.4 is 9.47 Å². The lowest BCUT2D eigenvalue weighted by Crippen LogP contribution is -2.01. The van der Waals surface area contributed by atoms with Crippen LogP contribution in [0.1, 0.15) is 23.6 Å². The Morgan fingerprint density at radius 3 is 2.25 bits per heavy atom. The van der Waals surface area contributed by atoms with Crippen LogP contribution in [0.5, 0.6) is 11.5 Å². The Morgan fingerprint density at radius 1 is 0.925 bits per heavy atom. The Kier molecular flexibility index (Phi) is 8.65. The summed E-state index contributed by atoms with van der Waals surface area (Å²) in [5.41, 5.74) is 4.55. The maximum Gasteiger partial charge on any atom is 0.238 e. The predicted molar refractivity (Wildman–Crippen MR) is 163 cm³/mol. The van der Waals surface area contributed by atoms with E-state index in [1.165, 1.54) is 0 Å². The van der Waals surface area contributed by atoms with Gasteiger partial charge in [0.1, 0.15) is 24.0 Å². The highest BCUT2D eigenvalue weighted by Gasteiger charge is 2.22. The minimum atomic E-state index is 0.234. The average molecular weight is 612 g/mol. The lowest BCUT2D eigenvalue weighted by atomic mass is 9.98. The van der Waals surface area contributed by atoms with Crippen LogP contribution in [0.25, 0.3) is 22.5 Å². The molecule has 0 aliphatic heterocycles. The number of ether oxygens (including phenoxy) is 2. The largest absolute Gasteiger partial charge is 0.490 e. The second-order valence-corrected chi connectivity index (χ2v) is 10.1. The van der Waals surface area contributed by atoms with Crippen LogP contribution in [0.15, 0.2) is 111 Å². The lowest BCUT2D eigenvalue weighted by molar-refractivity contribution is 0.267. The molecule has 0 N–H and O–H groups in total. The molecule has 0 fully saturated rings. The second-order valence-electron chi connectivity index (χ2n) is 8.77. The number of nitriles is 1. The van der Waals surface area contributed by atoms with Gasteiger partial charge in [-0.25, -0.2) is 4.99 Å². The van der Waals surface area contributed by atoms with Gasteiger partial charge in [0.05, 0.1) is 11.1 Å². The Balaban J connectivity index is 1.50. The number of halogens is 2. The Hall–Kier alpha value is -4.31. The van der Waals surface area contributed by atoms with Crippen LogP contribution in [0, 0.1) is 11.3 Å². The van der Waals surface area contributed by atoms with Crippen molar-refractivity contribution < 1.29 is 13.9 Å². The molecule has 0 unspecified atom stereocenters. The first-order valence-corrected chi connectivity index (χ1v) is 13.8. The smallest absolute Gasteiger partial charge is 0.238 e. The zero-order valence-electron chi connectivity index (χ0n) is 21.6. The molecule has 4 aromatic carbocycles. The predicted octanol–water partition coefficient (Wildman–Crippen LogP) is 9.63. The maximum absolute atomic E-state index is 10.1. The molecule has 5 aromatic rings. The number of aliphatic imine (C=N–C) groups is 1. The number of hydrogen-bond acceptors (Lipinski definition) is 5. The molecule has 5 nitrogen and oxygen atoms in total. The van der Waals surface area contributed by atoms with Gasteiger partial charge >= 0.3 is 0 Å². The van der Waals surface area contributed by atoms with Crippen LogP contribution in [0.4, 0.5) is 5.88 Å². The molecule has 0 aliphatic carbocycles. The van der Waals surface area contributed by atoms with Crippen molar-refractivity contribution in [1.29, 1.82) is 5.26 Å². The van der Waals surface area contributed by atoms with E-state index in [1.54, 1.807) is 6.21 Å². The van der Waals surface area contributed by atoms with Gasteiger partial charge in [-0.1, -0.05) is 84.4 Å². The minimum absolute atomic E-state index is 0.234. The van der Waals surface area contributed by atoms with Crippen molar-refractivity contribution in [2.45, 2.75) is 13.5 Å². The Bertz CT molecular complexity index is 1680. The Morgan fingerprint density at radius 2 is 1.60 bits per heavy atom. The van der Waals surface area contributed by atoms with E-state index in [4.69, 9.17) is 25.5 Å². The summed E-state index contributed by atoms with van der Waals surface area (Å²) in [5, 5.41) is 10.8. The van der Waals surface area contributed by atoms with E-state index in [1.807, 2.05) is 104 Å². The van der Waals surface area contributed by atoms with E-state index in [-0.39, 0.29) is 5.88 Å². The normalized spacial score (nSPS) is 10.9. The third-order valence-electron chi connectivity index (χ3n) is 6.06. The first-order chi connectivity index (χ1) is 19.6. The van der Waals surface area contributed by atoms with Crippen molar-refractivity contribution >= 4 is 39.6 Å². The SMILES string of the molecule is CCOc1cc(C=Nc2oc(-c3ccccc3)c(-c3ccccc3)c2C#N)cc(Br)c1OCc1ccc(Cl)cc1. The first-order valence-electron chi connectivity index (χ1n) is 12.6. The van der Waals surface area contributed by atoms with E-state index in [0.717, 1.165) is 22.3 Å². The molecule has 5 rings (SSSR count). The molecular weight excluding hydrogens is 588 g/mol. The highest BCUT2D eigenvalue weighted by Crippen LogP contribution is 2.43. The molecule has 1 aromatic heterocycles. The number of furan rings is 1. The number of benzene rings is 4. The van der Waals surface area contributed by atoms with Crippen molar-refractivity contribution in [3.05, 3.63) is 123 Å². The van der Waals surface area contributed by atoms with Gasteiger partial charge in [0.2, 0.25) is 5.88 Å². The topological polar surface area (TPSA) is 67.8 Å². The van der Waals surface area contributed by atoms with Crippen molar-refractivity contribution in [3.8, 4) is 40.0 Å². The third-order valence-corrected chi connectivity index (χ3v) is 6.90. The quantitative estimate of drug-likeness (QED) is 0.156. The number of nitrogens with zero attached hydrogens (tertiary/aromatic N) is 2. The standard InChI is InChI=1S/C33H24BrClN2O3/c1-2-38-29-18-23(17-28(34)32(29)39-21-22-13-15-26(35)16-14-22)20-37-33-27(19-36)30(24-9-5-3-6-10-24)31(40-33)25-11-7-4-8-12-25/h3-18,20H,2,21H2,1H3. The van der Waals surface area contributed by atoms with E-state index in [9.17, 15) is 5.26 Å². The molecule has 0 amide bonds. The van der Waals surface area contributed by atoms with E-state index in [0.29, 0.717) is 51.1 Å². The fourth-order valence-corrected chi connectivity index (χ4v) is 4.92. The summed E-state index contributed by atoms with van der Waals surface area (Å²) in [6, 6.07) is 33.0. The van der Waals surface area contributed by atoms with Gasteiger partial charge < -0.3 is 13.9 Å². The second kappa shape index (κ2) is 12.7. The number of rotatable bonds is 9. The molecule has 0 bridgehead atoms. The van der Waals surface area contributed by atoms with Crippen LogP contribution in [-0.2, 0) is 6.61 Å². The molecule has 0 saturated heterocycles. The van der Waals surface area contributed by atoms with Crippen LogP contribution in [0.3, 0.4) is 0 Å². The molecule has 7 heteroatoms.